The van der Waals surface area contributed by atoms with Crippen molar-refractivity contribution in [3.05, 3.63) is 34.5 Å². The molecule has 2 heteroatoms. The summed E-state index contributed by atoms with van der Waals surface area (Å²) in [5.41, 5.74) is 0. The first-order chi connectivity index (χ1) is 7.83. The van der Waals surface area contributed by atoms with Crippen molar-refractivity contribution in [3.63, 3.8) is 0 Å². The lowest BCUT2D eigenvalue weighted by molar-refractivity contribution is 0.394. The summed E-state index contributed by atoms with van der Waals surface area (Å²) >= 11 is 1.85. The Morgan fingerprint density at radius 1 is 1.44 bits per heavy atom. The second-order valence-corrected chi connectivity index (χ2v) is 6.16. The average molecular weight is 233 g/mol. The van der Waals surface area contributed by atoms with Crippen LogP contribution in [0.15, 0.2) is 29.7 Å². The van der Waals surface area contributed by atoms with E-state index in [0.717, 1.165) is 17.8 Å². The summed E-state index contributed by atoms with van der Waals surface area (Å²) in [6.07, 6.45) is 7.69. The molecule has 86 valence electrons. The first-order valence-electron chi connectivity index (χ1n) is 6.28. The molecule has 3 rings (SSSR count). The highest BCUT2D eigenvalue weighted by molar-refractivity contribution is 7.10. The molecule has 1 fully saturated rings. The second-order valence-electron chi connectivity index (χ2n) is 5.19. The van der Waals surface area contributed by atoms with Gasteiger partial charge in [0.15, 0.2) is 0 Å². The fourth-order valence-electron chi connectivity index (χ4n) is 3.10. The van der Waals surface area contributed by atoms with Crippen molar-refractivity contribution >= 4 is 11.3 Å². The van der Waals surface area contributed by atoms with Gasteiger partial charge >= 0.3 is 0 Å². The molecular formula is C14H19NS. The predicted octanol–water partition coefficient (Wildman–Crippen LogP) is 3.61. The molecule has 0 amide bonds. The molecule has 1 aromatic rings. The highest BCUT2D eigenvalue weighted by Crippen LogP contribution is 2.43. The fraction of sp³-hybridized carbons (Fsp3) is 0.571. The van der Waals surface area contributed by atoms with Gasteiger partial charge in [-0.1, -0.05) is 18.2 Å². The lowest BCUT2D eigenvalue weighted by Gasteiger charge is -2.21. The number of nitrogens with one attached hydrogen (secondary N) is 1. The van der Waals surface area contributed by atoms with Gasteiger partial charge in [-0.25, -0.2) is 0 Å². The van der Waals surface area contributed by atoms with Crippen molar-refractivity contribution in [1.29, 1.82) is 0 Å². The lowest BCUT2D eigenvalue weighted by Crippen LogP contribution is -2.27. The Morgan fingerprint density at radius 2 is 2.38 bits per heavy atom. The Morgan fingerprint density at radius 3 is 3.00 bits per heavy atom. The molecule has 1 aromatic heterocycles. The predicted molar refractivity (Wildman–Crippen MR) is 69.6 cm³/mol. The smallest absolute Gasteiger partial charge is 0.0386 e. The van der Waals surface area contributed by atoms with Crippen LogP contribution >= 0.6 is 11.3 Å². The zero-order chi connectivity index (χ0) is 11.0. The Balaban J connectivity index is 1.52. The molecule has 0 radical (unpaired) electrons. The molecule has 3 unspecified atom stereocenters. The SMILES string of the molecule is C[C@@H](NCC1CC2C=CC1C2)c1cccs1. The summed E-state index contributed by atoms with van der Waals surface area (Å²) in [4.78, 5) is 1.46. The Kier molecular flexibility index (Phi) is 2.86. The first-order valence-corrected chi connectivity index (χ1v) is 7.16. The van der Waals surface area contributed by atoms with Crippen LogP contribution in [0.3, 0.4) is 0 Å². The maximum atomic E-state index is 3.69. The van der Waals surface area contributed by atoms with Gasteiger partial charge in [-0.2, -0.15) is 0 Å². The fourth-order valence-corrected chi connectivity index (χ4v) is 3.85. The van der Waals surface area contributed by atoms with E-state index >= 15 is 0 Å². The third-order valence-electron chi connectivity index (χ3n) is 4.07. The number of rotatable bonds is 4. The number of fused-ring (bicyclic) bond motifs is 2. The van der Waals surface area contributed by atoms with Gasteiger partial charge in [0.2, 0.25) is 0 Å². The molecular weight excluding hydrogens is 214 g/mol. The van der Waals surface area contributed by atoms with Crippen LogP contribution in [0.2, 0.25) is 0 Å². The molecule has 0 saturated heterocycles. The van der Waals surface area contributed by atoms with Gasteiger partial charge in [0.05, 0.1) is 0 Å². The van der Waals surface area contributed by atoms with Crippen LogP contribution in [0.25, 0.3) is 0 Å². The molecule has 16 heavy (non-hydrogen) atoms. The topological polar surface area (TPSA) is 12.0 Å². The maximum Gasteiger partial charge on any atom is 0.0386 e. The Labute approximate surface area is 102 Å². The third kappa shape index (κ3) is 1.96. The minimum absolute atomic E-state index is 0.517. The molecule has 2 aliphatic carbocycles. The van der Waals surface area contributed by atoms with E-state index in [1.54, 1.807) is 0 Å². The van der Waals surface area contributed by atoms with Crippen molar-refractivity contribution in [2.75, 3.05) is 6.54 Å². The first kappa shape index (κ1) is 10.5. The van der Waals surface area contributed by atoms with Crippen LogP contribution in [0.1, 0.15) is 30.7 Å². The van der Waals surface area contributed by atoms with Crippen LogP contribution in [0.5, 0.6) is 0 Å². The van der Waals surface area contributed by atoms with Crippen LogP contribution < -0.4 is 5.32 Å². The average Bonchev–Trinajstić information content (AvgIpc) is 3.01. The standard InChI is InChI=1S/C14H19NS/c1-10(14-3-2-6-16-14)15-9-13-8-11-4-5-12(13)7-11/h2-6,10-13,15H,7-9H2,1H3/t10-,11?,12?,13?/m1/s1. The van der Waals surface area contributed by atoms with E-state index in [9.17, 15) is 0 Å². The van der Waals surface area contributed by atoms with Gasteiger partial charge < -0.3 is 5.32 Å². The van der Waals surface area contributed by atoms with E-state index < -0.39 is 0 Å². The summed E-state index contributed by atoms with van der Waals surface area (Å²) in [6, 6.07) is 4.88. The quantitative estimate of drug-likeness (QED) is 0.783. The summed E-state index contributed by atoms with van der Waals surface area (Å²) in [5, 5.41) is 5.85. The summed E-state index contributed by atoms with van der Waals surface area (Å²) in [5.74, 6) is 2.65. The highest BCUT2D eigenvalue weighted by Gasteiger charge is 2.35. The van der Waals surface area contributed by atoms with E-state index in [1.165, 1.54) is 24.3 Å². The number of hydrogen-bond donors (Lipinski definition) is 1. The van der Waals surface area contributed by atoms with Crippen LogP contribution in [0.4, 0.5) is 0 Å². The van der Waals surface area contributed by atoms with Gasteiger partial charge in [0.25, 0.3) is 0 Å². The number of thiophene rings is 1. The molecule has 1 N–H and O–H groups in total. The van der Waals surface area contributed by atoms with Crippen molar-refractivity contribution in [2.45, 2.75) is 25.8 Å². The highest BCUT2D eigenvalue weighted by atomic mass is 32.1. The Bertz CT molecular complexity index is 368. The monoisotopic (exact) mass is 233 g/mol. The maximum absolute atomic E-state index is 3.69. The lowest BCUT2D eigenvalue weighted by atomic mass is 9.93. The Hall–Kier alpha value is -0.600. The van der Waals surface area contributed by atoms with Crippen molar-refractivity contribution in [1.82, 2.24) is 5.32 Å². The second kappa shape index (κ2) is 4.34. The van der Waals surface area contributed by atoms with Crippen LogP contribution in [0, 0.1) is 17.8 Å². The van der Waals surface area contributed by atoms with Gasteiger partial charge in [-0.15, -0.1) is 11.3 Å². The van der Waals surface area contributed by atoms with Crippen molar-refractivity contribution in [3.8, 4) is 0 Å². The molecule has 4 atom stereocenters. The third-order valence-corrected chi connectivity index (χ3v) is 5.13. The number of allylic oxidation sites excluding steroid dienone is 2. The normalized spacial score (nSPS) is 33.4. The van der Waals surface area contributed by atoms with Gasteiger partial charge in [0.1, 0.15) is 0 Å². The van der Waals surface area contributed by atoms with E-state index in [2.05, 4.69) is 41.9 Å². The van der Waals surface area contributed by atoms with Crippen LogP contribution in [-0.4, -0.2) is 6.54 Å². The number of hydrogen-bond acceptors (Lipinski definition) is 2. The largest absolute Gasteiger partial charge is 0.309 e. The van der Waals surface area contributed by atoms with E-state index in [4.69, 9.17) is 0 Å². The van der Waals surface area contributed by atoms with Gasteiger partial charge in [-0.05, 0) is 55.5 Å². The molecule has 0 aliphatic heterocycles. The molecule has 0 spiro atoms. The zero-order valence-electron chi connectivity index (χ0n) is 9.73. The molecule has 0 aromatic carbocycles. The summed E-state index contributed by atoms with van der Waals surface area (Å²) in [6.45, 7) is 3.46. The van der Waals surface area contributed by atoms with E-state index in [-0.39, 0.29) is 0 Å². The van der Waals surface area contributed by atoms with Crippen molar-refractivity contribution in [2.24, 2.45) is 17.8 Å². The minimum Gasteiger partial charge on any atom is -0.309 e. The van der Waals surface area contributed by atoms with Gasteiger partial charge in [0, 0.05) is 10.9 Å². The molecule has 2 bridgehead atoms. The van der Waals surface area contributed by atoms with Crippen molar-refractivity contribution < 1.29 is 0 Å². The molecule has 2 aliphatic rings. The molecule has 1 saturated carbocycles. The van der Waals surface area contributed by atoms with E-state index in [1.807, 2.05) is 11.3 Å². The van der Waals surface area contributed by atoms with E-state index in [0.29, 0.717) is 6.04 Å². The molecule has 1 nitrogen and oxygen atoms in total. The molecule has 1 heterocycles. The van der Waals surface area contributed by atoms with Crippen LogP contribution in [-0.2, 0) is 0 Å². The summed E-state index contributed by atoms with van der Waals surface area (Å²) < 4.78 is 0. The summed E-state index contributed by atoms with van der Waals surface area (Å²) in [7, 11) is 0. The zero-order valence-corrected chi connectivity index (χ0v) is 10.5. The minimum atomic E-state index is 0.517. The van der Waals surface area contributed by atoms with Gasteiger partial charge in [-0.3, -0.25) is 0 Å².